The van der Waals surface area contributed by atoms with Gasteiger partial charge in [-0.05, 0) is 33.6 Å². The number of carbonyl (C=O) groups is 3. The second-order valence-corrected chi connectivity index (χ2v) is 6.90. The molecule has 7 nitrogen and oxygen atoms in total. The average molecular weight is 313 g/mol. The van der Waals surface area contributed by atoms with E-state index in [-0.39, 0.29) is 23.8 Å². The van der Waals surface area contributed by atoms with Crippen molar-refractivity contribution >= 4 is 17.9 Å². The van der Waals surface area contributed by atoms with Crippen LogP contribution in [0.3, 0.4) is 0 Å². The minimum atomic E-state index is -0.565. The summed E-state index contributed by atoms with van der Waals surface area (Å²) in [5.74, 6) is -0.256. The van der Waals surface area contributed by atoms with Crippen molar-refractivity contribution in [3.05, 3.63) is 0 Å². The minimum absolute atomic E-state index is 0.126. The number of hydrogen-bond acceptors (Lipinski definition) is 4. The molecule has 7 heteroatoms. The topological polar surface area (TPSA) is 87.7 Å². The van der Waals surface area contributed by atoms with Gasteiger partial charge in [0.05, 0.1) is 6.04 Å². The first-order valence-electron chi connectivity index (χ1n) is 7.55. The predicted molar refractivity (Wildman–Crippen MR) is 82.2 cm³/mol. The van der Waals surface area contributed by atoms with E-state index in [1.807, 2.05) is 6.92 Å². The Morgan fingerprint density at radius 1 is 1.23 bits per heavy atom. The maximum absolute atomic E-state index is 12.3. The van der Waals surface area contributed by atoms with Crippen LogP contribution in [0.25, 0.3) is 0 Å². The smallest absolute Gasteiger partial charge is 0.407 e. The van der Waals surface area contributed by atoms with Gasteiger partial charge in [0.2, 0.25) is 11.8 Å². The number of nitrogens with zero attached hydrogens (tertiary/aromatic N) is 1. The summed E-state index contributed by atoms with van der Waals surface area (Å²) in [5.41, 5.74) is -0.554. The van der Waals surface area contributed by atoms with E-state index in [1.165, 1.54) is 6.92 Å². The Morgan fingerprint density at radius 3 is 2.32 bits per heavy atom. The molecule has 1 heterocycles. The molecule has 0 bridgehead atoms. The summed E-state index contributed by atoms with van der Waals surface area (Å²) in [6.45, 7) is 11.4. The molecule has 0 spiro atoms. The van der Waals surface area contributed by atoms with Crippen LogP contribution in [-0.4, -0.2) is 53.6 Å². The van der Waals surface area contributed by atoms with Crippen LogP contribution in [0.15, 0.2) is 0 Å². The quantitative estimate of drug-likeness (QED) is 0.810. The van der Waals surface area contributed by atoms with Crippen molar-refractivity contribution in [1.82, 2.24) is 15.5 Å². The fraction of sp³-hybridized carbons (Fsp3) is 0.800. The van der Waals surface area contributed by atoms with Gasteiger partial charge in [0, 0.05) is 20.0 Å². The van der Waals surface area contributed by atoms with Gasteiger partial charge >= 0.3 is 6.09 Å². The van der Waals surface area contributed by atoms with Crippen LogP contribution in [0.1, 0.15) is 41.5 Å². The van der Waals surface area contributed by atoms with Gasteiger partial charge in [0.25, 0.3) is 0 Å². The van der Waals surface area contributed by atoms with Crippen molar-refractivity contribution in [2.45, 2.75) is 59.2 Å². The molecule has 0 aromatic heterocycles. The molecule has 3 atom stereocenters. The number of amides is 3. The highest BCUT2D eigenvalue weighted by atomic mass is 16.6. The van der Waals surface area contributed by atoms with Crippen LogP contribution in [0.5, 0.6) is 0 Å². The third kappa shape index (κ3) is 5.54. The Kier molecular flexibility index (Phi) is 5.79. The number of alkyl carbamates (subject to hydrolysis) is 1. The third-order valence-electron chi connectivity index (χ3n) is 3.42. The molecule has 0 aliphatic carbocycles. The van der Waals surface area contributed by atoms with Crippen LogP contribution in [0.2, 0.25) is 0 Å². The lowest BCUT2D eigenvalue weighted by Gasteiger charge is -2.23. The number of likely N-dealkylation sites (tertiary alicyclic amines) is 1. The van der Waals surface area contributed by atoms with Gasteiger partial charge in [-0.1, -0.05) is 6.92 Å². The van der Waals surface area contributed by atoms with Crippen LogP contribution in [0.4, 0.5) is 4.79 Å². The van der Waals surface area contributed by atoms with Gasteiger partial charge in [0.1, 0.15) is 11.6 Å². The zero-order valence-electron chi connectivity index (χ0n) is 14.2. The first kappa shape index (κ1) is 18.3. The van der Waals surface area contributed by atoms with Crippen LogP contribution < -0.4 is 10.6 Å². The van der Waals surface area contributed by atoms with Crippen molar-refractivity contribution < 1.29 is 19.1 Å². The summed E-state index contributed by atoms with van der Waals surface area (Å²) in [6, 6.07) is -0.715. The highest BCUT2D eigenvalue weighted by Gasteiger charge is 2.35. The molecule has 126 valence electrons. The Labute approximate surface area is 131 Å². The van der Waals surface area contributed by atoms with Gasteiger partial charge in [-0.25, -0.2) is 4.79 Å². The number of rotatable bonds is 3. The molecular weight excluding hydrogens is 286 g/mol. The zero-order chi connectivity index (χ0) is 17.1. The molecule has 1 fully saturated rings. The van der Waals surface area contributed by atoms with Crippen molar-refractivity contribution in [3.8, 4) is 0 Å². The molecule has 0 aromatic carbocycles. The second-order valence-electron chi connectivity index (χ2n) is 6.90. The summed E-state index contributed by atoms with van der Waals surface area (Å²) in [6.07, 6.45) is -0.478. The molecule has 0 aromatic rings. The highest BCUT2D eigenvalue weighted by Crippen LogP contribution is 2.18. The lowest BCUT2D eigenvalue weighted by Crippen LogP contribution is -2.47. The lowest BCUT2D eigenvalue weighted by molar-refractivity contribution is -0.134. The van der Waals surface area contributed by atoms with E-state index in [1.54, 1.807) is 32.6 Å². The predicted octanol–water partition coefficient (Wildman–Crippen LogP) is 0.883. The van der Waals surface area contributed by atoms with Crippen LogP contribution in [0, 0.1) is 5.92 Å². The molecule has 1 saturated heterocycles. The molecule has 0 unspecified atom stereocenters. The largest absolute Gasteiger partial charge is 0.444 e. The summed E-state index contributed by atoms with van der Waals surface area (Å²) < 4.78 is 5.23. The standard InChI is InChI=1S/C15H27N3O4/c1-9-7-18(13(20)10(2)16-11(3)19)8-12(9)17-14(21)22-15(4,5)6/h9-10,12H,7-8H2,1-6H3,(H,16,19)(H,17,21)/t9-,10+,12+/m0/s1. The highest BCUT2D eigenvalue weighted by molar-refractivity contribution is 5.86. The maximum atomic E-state index is 12.3. The van der Waals surface area contributed by atoms with Gasteiger partial charge in [-0.2, -0.15) is 0 Å². The van der Waals surface area contributed by atoms with E-state index in [0.29, 0.717) is 13.1 Å². The summed E-state index contributed by atoms with van der Waals surface area (Å²) in [7, 11) is 0. The Hall–Kier alpha value is -1.79. The van der Waals surface area contributed by atoms with Gasteiger partial charge in [-0.15, -0.1) is 0 Å². The monoisotopic (exact) mass is 313 g/mol. The van der Waals surface area contributed by atoms with Gasteiger partial charge in [0.15, 0.2) is 0 Å². The number of nitrogens with one attached hydrogen (secondary N) is 2. The van der Waals surface area contributed by atoms with E-state index < -0.39 is 17.7 Å². The van der Waals surface area contributed by atoms with Crippen LogP contribution in [-0.2, 0) is 14.3 Å². The van der Waals surface area contributed by atoms with E-state index in [2.05, 4.69) is 10.6 Å². The van der Waals surface area contributed by atoms with Crippen molar-refractivity contribution in [2.24, 2.45) is 5.92 Å². The number of hydrogen-bond donors (Lipinski definition) is 2. The molecule has 2 N–H and O–H groups in total. The zero-order valence-corrected chi connectivity index (χ0v) is 14.2. The van der Waals surface area contributed by atoms with Crippen molar-refractivity contribution in [2.75, 3.05) is 13.1 Å². The molecular formula is C15H27N3O4. The molecule has 1 aliphatic rings. The molecule has 1 aliphatic heterocycles. The first-order valence-corrected chi connectivity index (χ1v) is 7.55. The van der Waals surface area contributed by atoms with E-state index in [0.717, 1.165) is 0 Å². The Bertz CT molecular complexity index is 445. The van der Waals surface area contributed by atoms with E-state index in [9.17, 15) is 14.4 Å². The lowest BCUT2D eigenvalue weighted by atomic mass is 10.1. The number of carbonyl (C=O) groups excluding carboxylic acids is 3. The van der Waals surface area contributed by atoms with Crippen molar-refractivity contribution in [1.29, 1.82) is 0 Å². The van der Waals surface area contributed by atoms with E-state index >= 15 is 0 Å². The molecule has 3 amide bonds. The Morgan fingerprint density at radius 2 is 1.82 bits per heavy atom. The summed E-state index contributed by atoms with van der Waals surface area (Å²) in [5, 5.41) is 5.39. The Balaban J connectivity index is 2.56. The van der Waals surface area contributed by atoms with Gasteiger partial charge < -0.3 is 20.3 Å². The number of ether oxygens (including phenoxy) is 1. The first-order chi connectivity index (χ1) is 9.99. The summed E-state index contributed by atoms with van der Waals surface area (Å²) >= 11 is 0. The summed E-state index contributed by atoms with van der Waals surface area (Å²) in [4.78, 5) is 36.8. The fourth-order valence-electron chi connectivity index (χ4n) is 2.43. The molecule has 0 saturated carbocycles. The van der Waals surface area contributed by atoms with Crippen LogP contribution >= 0.6 is 0 Å². The average Bonchev–Trinajstić information content (AvgIpc) is 2.66. The minimum Gasteiger partial charge on any atom is -0.444 e. The van der Waals surface area contributed by atoms with Crippen molar-refractivity contribution in [3.63, 3.8) is 0 Å². The SMILES string of the molecule is CC(=O)N[C@H](C)C(=O)N1C[C@H](C)[C@H](NC(=O)OC(C)(C)C)C1. The molecule has 1 rings (SSSR count). The van der Waals surface area contributed by atoms with E-state index in [4.69, 9.17) is 4.74 Å². The third-order valence-corrected chi connectivity index (χ3v) is 3.42. The molecule has 22 heavy (non-hydrogen) atoms. The van der Waals surface area contributed by atoms with Gasteiger partial charge in [-0.3, -0.25) is 9.59 Å². The normalized spacial score (nSPS) is 22.9. The fourth-order valence-corrected chi connectivity index (χ4v) is 2.43. The second kappa shape index (κ2) is 6.98. The molecule has 0 radical (unpaired) electrons. The maximum Gasteiger partial charge on any atom is 0.407 e.